The monoisotopic (exact) mass is 443 g/mol. The molecule has 0 spiro atoms. The SMILES string of the molecule is COc1ccc2nc(N3C4COCC3C4)sc2c1C(=O)Nc1cc(F)ccc1C(=O)O. The molecule has 1 amide bonds. The number of carboxylic acid groups (broad SMARTS) is 1. The number of hydrogen-bond acceptors (Lipinski definition) is 7. The first-order valence-corrected chi connectivity index (χ1v) is 10.5. The van der Waals surface area contributed by atoms with Crippen LogP contribution in [-0.2, 0) is 4.74 Å². The number of carboxylic acids is 1. The molecule has 0 saturated carbocycles. The van der Waals surface area contributed by atoms with Crippen LogP contribution < -0.4 is 15.0 Å². The van der Waals surface area contributed by atoms with Crippen molar-refractivity contribution in [3.8, 4) is 5.75 Å². The molecule has 2 unspecified atom stereocenters. The highest BCUT2D eigenvalue weighted by Crippen LogP contribution is 2.42. The number of carbonyl (C=O) groups is 2. The van der Waals surface area contributed by atoms with Gasteiger partial charge in [-0.25, -0.2) is 14.2 Å². The second-order valence-corrected chi connectivity index (χ2v) is 8.40. The fraction of sp³-hybridized carbons (Fsp3) is 0.286. The zero-order valence-corrected chi connectivity index (χ0v) is 17.2. The van der Waals surface area contributed by atoms with Gasteiger partial charge in [-0.1, -0.05) is 11.3 Å². The van der Waals surface area contributed by atoms with E-state index in [1.54, 1.807) is 12.1 Å². The number of halogens is 1. The topological polar surface area (TPSA) is 101 Å². The molecule has 2 fully saturated rings. The van der Waals surface area contributed by atoms with Gasteiger partial charge in [-0.15, -0.1) is 0 Å². The average molecular weight is 443 g/mol. The smallest absolute Gasteiger partial charge is 0.337 e. The average Bonchev–Trinajstić information content (AvgIpc) is 3.16. The van der Waals surface area contributed by atoms with Crippen LogP contribution in [0.2, 0.25) is 0 Å². The Morgan fingerprint density at radius 3 is 2.74 bits per heavy atom. The maximum Gasteiger partial charge on any atom is 0.337 e. The van der Waals surface area contributed by atoms with Gasteiger partial charge < -0.3 is 24.8 Å². The maximum atomic E-state index is 13.7. The van der Waals surface area contributed by atoms with Gasteiger partial charge in [0.2, 0.25) is 0 Å². The standard InChI is InChI=1S/C21H18FN3O5S/c1-29-16-5-4-14-18(31-21(24-14)25-11-7-12(25)9-30-8-11)17(16)19(26)23-15-6-10(22)2-3-13(15)20(27)28/h2-6,11-12H,7-9H2,1H3,(H,23,26)(H,27,28). The fourth-order valence-electron chi connectivity index (χ4n) is 4.10. The summed E-state index contributed by atoms with van der Waals surface area (Å²) < 4.78 is 25.3. The van der Waals surface area contributed by atoms with Gasteiger partial charge in [0.1, 0.15) is 17.1 Å². The molecule has 160 valence electrons. The van der Waals surface area contributed by atoms with Gasteiger partial charge in [0, 0.05) is 0 Å². The summed E-state index contributed by atoms with van der Waals surface area (Å²) in [6, 6.07) is 7.11. The fourth-order valence-corrected chi connectivity index (χ4v) is 5.34. The highest BCUT2D eigenvalue weighted by atomic mass is 32.1. The van der Waals surface area contributed by atoms with Crippen LogP contribution in [0.15, 0.2) is 30.3 Å². The summed E-state index contributed by atoms with van der Waals surface area (Å²) in [5.74, 6) is -2.21. The zero-order chi connectivity index (χ0) is 21.7. The molecule has 2 saturated heterocycles. The van der Waals surface area contributed by atoms with Gasteiger partial charge in [-0.3, -0.25) is 4.79 Å². The number of aromatic nitrogens is 1. The molecule has 3 heterocycles. The predicted molar refractivity (Wildman–Crippen MR) is 113 cm³/mol. The molecule has 5 rings (SSSR count). The van der Waals surface area contributed by atoms with Crippen LogP contribution in [0.3, 0.4) is 0 Å². The molecular formula is C21H18FN3O5S. The summed E-state index contributed by atoms with van der Waals surface area (Å²) in [6.45, 7) is 1.31. The number of aromatic carboxylic acids is 1. The molecule has 2 aliphatic rings. The Morgan fingerprint density at radius 2 is 2.06 bits per heavy atom. The third-order valence-electron chi connectivity index (χ3n) is 5.59. The number of morpholine rings is 1. The number of ether oxygens (including phenoxy) is 2. The van der Waals surface area contributed by atoms with E-state index < -0.39 is 17.7 Å². The number of methoxy groups -OCH3 is 1. The van der Waals surface area contributed by atoms with Crippen molar-refractivity contribution >= 4 is 44.2 Å². The van der Waals surface area contributed by atoms with E-state index in [1.807, 2.05) is 0 Å². The summed E-state index contributed by atoms with van der Waals surface area (Å²) in [4.78, 5) is 31.6. The zero-order valence-electron chi connectivity index (χ0n) is 16.4. The minimum absolute atomic E-state index is 0.129. The van der Waals surface area contributed by atoms with Crippen LogP contribution >= 0.6 is 11.3 Å². The molecule has 0 aliphatic carbocycles. The number of amides is 1. The molecule has 0 radical (unpaired) electrons. The number of carbonyl (C=O) groups excluding carboxylic acids is 1. The van der Waals surface area contributed by atoms with Crippen molar-refractivity contribution in [1.82, 2.24) is 4.98 Å². The second kappa shape index (κ2) is 7.47. The van der Waals surface area contributed by atoms with E-state index in [2.05, 4.69) is 10.2 Å². The van der Waals surface area contributed by atoms with Crippen LogP contribution in [0.4, 0.5) is 15.2 Å². The summed E-state index contributed by atoms with van der Waals surface area (Å²) >= 11 is 1.37. The lowest BCUT2D eigenvalue weighted by Crippen LogP contribution is -2.64. The molecule has 2 bridgehead atoms. The molecule has 1 aromatic heterocycles. The van der Waals surface area contributed by atoms with Crippen molar-refractivity contribution in [1.29, 1.82) is 0 Å². The lowest BCUT2D eigenvalue weighted by molar-refractivity contribution is 0.0103. The van der Waals surface area contributed by atoms with Crippen LogP contribution in [0.1, 0.15) is 27.1 Å². The first-order chi connectivity index (χ1) is 15.0. The Kier molecular flexibility index (Phi) is 4.75. The molecule has 8 nitrogen and oxygen atoms in total. The molecular weight excluding hydrogens is 425 g/mol. The first kappa shape index (κ1) is 19.7. The van der Waals surface area contributed by atoms with Gasteiger partial charge >= 0.3 is 5.97 Å². The number of benzene rings is 2. The summed E-state index contributed by atoms with van der Waals surface area (Å²) in [5.41, 5.74) is 0.524. The lowest BCUT2D eigenvalue weighted by Gasteiger charge is -2.52. The van der Waals surface area contributed by atoms with Crippen molar-refractivity contribution in [2.45, 2.75) is 18.5 Å². The Hall–Kier alpha value is -3.24. The normalized spacial score (nSPS) is 19.7. The quantitative estimate of drug-likeness (QED) is 0.624. The molecule has 2 atom stereocenters. The van der Waals surface area contributed by atoms with E-state index in [4.69, 9.17) is 14.5 Å². The number of nitrogens with zero attached hydrogens (tertiary/aromatic N) is 2. The molecule has 3 aromatic rings. The van der Waals surface area contributed by atoms with Gasteiger partial charge in [-0.2, -0.15) is 0 Å². The number of hydrogen-bond donors (Lipinski definition) is 2. The van der Waals surface area contributed by atoms with Gasteiger partial charge in [0.15, 0.2) is 5.13 Å². The summed E-state index contributed by atoms with van der Waals surface area (Å²) in [7, 11) is 1.45. The maximum absolute atomic E-state index is 13.7. The number of thiazole rings is 1. The summed E-state index contributed by atoms with van der Waals surface area (Å²) in [5, 5.41) is 12.7. The van der Waals surface area contributed by atoms with E-state index >= 15 is 0 Å². The number of fused-ring (bicyclic) bond motifs is 3. The molecule has 10 heteroatoms. The Balaban J connectivity index is 1.55. The second-order valence-electron chi connectivity index (χ2n) is 7.42. The first-order valence-electron chi connectivity index (χ1n) is 9.64. The third-order valence-corrected chi connectivity index (χ3v) is 6.69. The van der Waals surface area contributed by atoms with Crippen molar-refractivity contribution in [2.75, 3.05) is 30.5 Å². The minimum Gasteiger partial charge on any atom is -0.496 e. The van der Waals surface area contributed by atoms with Gasteiger partial charge in [0.05, 0.1) is 53.9 Å². The van der Waals surface area contributed by atoms with Crippen LogP contribution in [-0.4, -0.2) is 54.4 Å². The molecule has 31 heavy (non-hydrogen) atoms. The number of nitrogens with one attached hydrogen (secondary N) is 1. The van der Waals surface area contributed by atoms with E-state index in [0.29, 0.717) is 29.2 Å². The van der Waals surface area contributed by atoms with Crippen molar-refractivity contribution in [3.05, 3.63) is 47.3 Å². The van der Waals surface area contributed by atoms with Crippen LogP contribution in [0.25, 0.3) is 10.2 Å². The predicted octanol–water partition coefficient (Wildman–Crippen LogP) is 3.37. The van der Waals surface area contributed by atoms with Crippen LogP contribution in [0, 0.1) is 5.82 Å². The van der Waals surface area contributed by atoms with E-state index in [9.17, 15) is 19.1 Å². The highest BCUT2D eigenvalue weighted by molar-refractivity contribution is 7.22. The van der Waals surface area contributed by atoms with E-state index in [-0.39, 0.29) is 28.9 Å². The Labute approximate surface area is 180 Å². The van der Waals surface area contributed by atoms with Crippen molar-refractivity contribution < 1.29 is 28.6 Å². The number of anilines is 2. The Bertz CT molecular complexity index is 1200. The largest absolute Gasteiger partial charge is 0.496 e. The van der Waals surface area contributed by atoms with Crippen molar-refractivity contribution in [3.63, 3.8) is 0 Å². The van der Waals surface area contributed by atoms with Crippen molar-refractivity contribution in [2.24, 2.45) is 0 Å². The molecule has 2 aliphatic heterocycles. The van der Waals surface area contributed by atoms with Gasteiger partial charge in [0.25, 0.3) is 5.91 Å². The van der Waals surface area contributed by atoms with E-state index in [1.165, 1.54) is 18.4 Å². The van der Waals surface area contributed by atoms with E-state index in [0.717, 1.165) is 29.8 Å². The lowest BCUT2D eigenvalue weighted by atomic mass is 9.92. The third kappa shape index (κ3) is 3.28. The summed E-state index contributed by atoms with van der Waals surface area (Å²) in [6.07, 6.45) is 1.06. The Morgan fingerprint density at radius 1 is 1.29 bits per heavy atom. The van der Waals surface area contributed by atoms with Gasteiger partial charge in [-0.05, 0) is 36.8 Å². The molecule has 2 N–H and O–H groups in total. The van der Waals surface area contributed by atoms with Crippen LogP contribution in [0.5, 0.6) is 5.75 Å². The minimum atomic E-state index is -1.27. The number of rotatable bonds is 5. The highest BCUT2D eigenvalue weighted by Gasteiger charge is 2.44. The molecule has 2 aromatic carbocycles.